The molecule has 0 saturated heterocycles. The smallest absolute Gasteiger partial charge is 0.243 e. The minimum Gasteiger partial charge on any atom is -0.491 e. The van der Waals surface area contributed by atoms with E-state index in [0.717, 1.165) is 39.6 Å². The number of hydrogen-bond acceptors (Lipinski definition) is 5. The van der Waals surface area contributed by atoms with Gasteiger partial charge in [0, 0.05) is 35.9 Å². The summed E-state index contributed by atoms with van der Waals surface area (Å²) in [6.07, 6.45) is 5.70. The Morgan fingerprint density at radius 2 is 1.97 bits per heavy atom. The zero-order valence-electron chi connectivity index (χ0n) is 15.6. The van der Waals surface area contributed by atoms with Crippen molar-refractivity contribution < 1.29 is 9.53 Å². The molecule has 29 heavy (non-hydrogen) atoms. The van der Waals surface area contributed by atoms with Gasteiger partial charge >= 0.3 is 0 Å². The van der Waals surface area contributed by atoms with Crippen LogP contribution in [-0.4, -0.2) is 17.5 Å². The minimum absolute atomic E-state index is 0.0343. The molecule has 0 fully saturated rings. The van der Waals surface area contributed by atoms with E-state index in [0.29, 0.717) is 13.2 Å². The highest BCUT2D eigenvalue weighted by molar-refractivity contribution is 6.10. The number of benzene rings is 2. The first-order chi connectivity index (χ1) is 14.3. The quantitative estimate of drug-likeness (QED) is 0.709. The molecule has 6 nitrogen and oxygen atoms in total. The van der Waals surface area contributed by atoms with Gasteiger partial charge in [0.15, 0.2) is 0 Å². The van der Waals surface area contributed by atoms with Crippen molar-refractivity contribution in [3.63, 3.8) is 0 Å². The van der Waals surface area contributed by atoms with Gasteiger partial charge in [-0.3, -0.25) is 9.78 Å². The Morgan fingerprint density at radius 1 is 1.07 bits per heavy atom. The number of fused-ring (bicyclic) bond motifs is 5. The van der Waals surface area contributed by atoms with E-state index in [9.17, 15) is 4.79 Å². The normalized spacial score (nSPS) is 20.6. The van der Waals surface area contributed by atoms with Crippen molar-refractivity contribution in [1.82, 2.24) is 4.98 Å². The number of pyridine rings is 1. The Labute approximate surface area is 167 Å². The monoisotopic (exact) mass is 382 g/mol. The Bertz CT molecular complexity index is 1170. The standard InChI is InChI=1S/C23H18N4O2/c28-22-23(16-6-1-2-7-18(16)26-22)14-29-21-12-19-20(11-17(21)23)27(10-9-25-19)13-15-5-3-4-8-24-15/h1-12,25H,13-14H2,(H,26,28). The molecule has 1 unspecified atom stereocenters. The fourth-order valence-electron chi connectivity index (χ4n) is 4.47. The molecule has 1 amide bonds. The summed E-state index contributed by atoms with van der Waals surface area (Å²) in [5.74, 6) is 0.712. The Hall–Kier alpha value is -3.80. The van der Waals surface area contributed by atoms with Crippen LogP contribution in [0.2, 0.25) is 0 Å². The minimum atomic E-state index is -0.807. The summed E-state index contributed by atoms with van der Waals surface area (Å²) in [6.45, 7) is 0.948. The second-order valence-electron chi connectivity index (χ2n) is 7.47. The number of ether oxygens (including phenoxy) is 1. The van der Waals surface area contributed by atoms with Gasteiger partial charge in [-0.05, 0) is 29.8 Å². The number of hydrogen-bond donors (Lipinski definition) is 2. The van der Waals surface area contributed by atoms with Crippen LogP contribution in [0.15, 0.2) is 73.2 Å². The number of para-hydroxylation sites is 1. The second kappa shape index (κ2) is 5.85. The van der Waals surface area contributed by atoms with Crippen LogP contribution in [0.3, 0.4) is 0 Å². The number of anilines is 3. The molecular formula is C23H18N4O2. The summed E-state index contributed by atoms with van der Waals surface area (Å²) >= 11 is 0. The lowest BCUT2D eigenvalue weighted by Crippen LogP contribution is -2.37. The molecule has 1 spiro atoms. The van der Waals surface area contributed by atoms with Crippen LogP contribution in [0, 0.1) is 0 Å². The molecule has 1 atom stereocenters. The van der Waals surface area contributed by atoms with Crippen LogP contribution in [0.1, 0.15) is 16.8 Å². The lowest BCUT2D eigenvalue weighted by molar-refractivity contribution is -0.119. The summed E-state index contributed by atoms with van der Waals surface area (Å²) in [6, 6.07) is 17.8. The topological polar surface area (TPSA) is 66.5 Å². The molecule has 6 heteroatoms. The summed E-state index contributed by atoms with van der Waals surface area (Å²) in [5.41, 5.74) is 4.85. The molecular weight excluding hydrogens is 364 g/mol. The van der Waals surface area contributed by atoms with Crippen molar-refractivity contribution in [1.29, 1.82) is 0 Å². The molecule has 2 N–H and O–H groups in total. The van der Waals surface area contributed by atoms with E-state index in [2.05, 4.69) is 26.6 Å². The van der Waals surface area contributed by atoms with E-state index in [1.807, 2.05) is 60.9 Å². The number of carbonyl (C=O) groups excluding carboxylic acids is 1. The van der Waals surface area contributed by atoms with Crippen molar-refractivity contribution in [3.8, 4) is 5.75 Å². The predicted octanol–water partition coefficient (Wildman–Crippen LogP) is 3.62. The molecule has 1 aromatic heterocycles. The van der Waals surface area contributed by atoms with E-state index >= 15 is 0 Å². The van der Waals surface area contributed by atoms with Crippen LogP contribution in [0.25, 0.3) is 0 Å². The maximum absolute atomic E-state index is 13.1. The van der Waals surface area contributed by atoms with Gasteiger partial charge in [-0.2, -0.15) is 0 Å². The molecule has 3 aromatic rings. The summed E-state index contributed by atoms with van der Waals surface area (Å²) in [5, 5.41) is 6.32. The molecule has 142 valence electrons. The van der Waals surface area contributed by atoms with Crippen molar-refractivity contribution >= 4 is 23.0 Å². The van der Waals surface area contributed by atoms with Crippen LogP contribution in [-0.2, 0) is 16.8 Å². The Morgan fingerprint density at radius 3 is 2.86 bits per heavy atom. The number of amides is 1. The molecule has 0 bridgehead atoms. The molecule has 0 radical (unpaired) electrons. The van der Waals surface area contributed by atoms with E-state index < -0.39 is 5.41 Å². The van der Waals surface area contributed by atoms with E-state index in [-0.39, 0.29) is 5.91 Å². The number of carbonyl (C=O) groups is 1. The van der Waals surface area contributed by atoms with Crippen LogP contribution >= 0.6 is 0 Å². The summed E-state index contributed by atoms with van der Waals surface area (Å²) < 4.78 is 6.03. The molecule has 3 aliphatic heterocycles. The fourth-order valence-corrected chi connectivity index (χ4v) is 4.47. The van der Waals surface area contributed by atoms with E-state index in [4.69, 9.17) is 4.74 Å². The Kier molecular flexibility index (Phi) is 3.26. The van der Waals surface area contributed by atoms with Gasteiger partial charge in [0.2, 0.25) is 5.91 Å². The number of nitrogens with one attached hydrogen (secondary N) is 2. The highest BCUT2D eigenvalue weighted by Crippen LogP contribution is 2.52. The Balaban J connectivity index is 1.48. The van der Waals surface area contributed by atoms with Gasteiger partial charge in [0.1, 0.15) is 17.8 Å². The van der Waals surface area contributed by atoms with Crippen molar-refractivity contribution in [2.24, 2.45) is 0 Å². The van der Waals surface area contributed by atoms with Crippen molar-refractivity contribution in [3.05, 3.63) is 90.0 Å². The van der Waals surface area contributed by atoms with Crippen LogP contribution < -0.4 is 20.3 Å². The average molecular weight is 382 g/mol. The number of nitrogens with zero attached hydrogens (tertiary/aromatic N) is 2. The highest BCUT2D eigenvalue weighted by atomic mass is 16.5. The molecule has 0 aliphatic carbocycles. The molecule has 6 rings (SSSR count). The van der Waals surface area contributed by atoms with Crippen LogP contribution in [0.4, 0.5) is 17.1 Å². The van der Waals surface area contributed by atoms with Crippen LogP contribution in [0.5, 0.6) is 5.75 Å². The molecule has 3 aliphatic rings. The maximum Gasteiger partial charge on any atom is 0.243 e. The third-order valence-electron chi connectivity index (χ3n) is 5.89. The first kappa shape index (κ1) is 16.2. The zero-order valence-corrected chi connectivity index (χ0v) is 15.6. The highest BCUT2D eigenvalue weighted by Gasteiger charge is 2.54. The van der Waals surface area contributed by atoms with Crippen molar-refractivity contribution in [2.45, 2.75) is 12.0 Å². The molecule has 0 saturated carbocycles. The average Bonchev–Trinajstić information content (AvgIpc) is 3.27. The molecule has 4 heterocycles. The van der Waals surface area contributed by atoms with E-state index in [1.165, 1.54) is 0 Å². The zero-order chi connectivity index (χ0) is 19.4. The second-order valence-corrected chi connectivity index (χ2v) is 7.47. The third-order valence-corrected chi connectivity index (χ3v) is 5.89. The number of aromatic nitrogens is 1. The van der Waals surface area contributed by atoms with Gasteiger partial charge < -0.3 is 20.3 Å². The summed E-state index contributed by atoms with van der Waals surface area (Å²) in [4.78, 5) is 19.7. The number of rotatable bonds is 2. The largest absolute Gasteiger partial charge is 0.491 e. The van der Waals surface area contributed by atoms with Gasteiger partial charge in [-0.15, -0.1) is 0 Å². The molecule has 2 aromatic carbocycles. The lowest BCUT2D eigenvalue weighted by Gasteiger charge is -2.28. The fraction of sp³-hybridized carbons (Fsp3) is 0.130. The van der Waals surface area contributed by atoms with Gasteiger partial charge in [-0.1, -0.05) is 24.3 Å². The first-order valence-corrected chi connectivity index (χ1v) is 9.58. The third kappa shape index (κ3) is 2.23. The SMILES string of the molecule is O=C1Nc2ccccc2C12COc1cc3c(cc12)N(Cc1ccccn1)C=CN3. The van der Waals surface area contributed by atoms with Gasteiger partial charge in [0.25, 0.3) is 0 Å². The predicted molar refractivity (Wildman–Crippen MR) is 111 cm³/mol. The maximum atomic E-state index is 13.1. The first-order valence-electron chi connectivity index (χ1n) is 9.58. The van der Waals surface area contributed by atoms with Gasteiger partial charge in [0.05, 0.1) is 23.6 Å². The lowest BCUT2D eigenvalue weighted by atomic mass is 9.77. The summed E-state index contributed by atoms with van der Waals surface area (Å²) in [7, 11) is 0. The van der Waals surface area contributed by atoms with Crippen molar-refractivity contribution in [2.75, 3.05) is 22.1 Å². The van der Waals surface area contributed by atoms with E-state index in [1.54, 1.807) is 6.20 Å². The van der Waals surface area contributed by atoms with Gasteiger partial charge in [-0.25, -0.2) is 0 Å².